The lowest BCUT2D eigenvalue weighted by Gasteiger charge is -2.06. The van der Waals surface area contributed by atoms with Crippen molar-refractivity contribution in [1.29, 1.82) is 0 Å². The number of hydroxylamine groups is 1. The molecule has 62 valence electrons. The fourth-order valence-electron chi connectivity index (χ4n) is 1.19. The second-order valence-electron chi connectivity index (χ2n) is 2.44. The summed E-state index contributed by atoms with van der Waals surface area (Å²) in [4.78, 5) is 15.6. The highest BCUT2D eigenvalue weighted by Crippen LogP contribution is 2.33. The standard InChI is InChI=1S/C8H6BrNO2/c9-7-2-1-3-8-6(7)4-12-10(8)5-11/h1-3,5H,4H2. The summed E-state index contributed by atoms with van der Waals surface area (Å²) >= 11 is 3.38. The normalized spacial score (nSPS) is 14.6. The molecular weight excluding hydrogens is 222 g/mol. The Morgan fingerprint density at radius 3 is 3.17 bits per heavy atom. The molecule has 1 aromatic rings. The number of fused-ring (bicyclic) bond motifs is 1. The van der Waals surface area contributed by atoms with E-state index in [9.17, 15) is 4.79 Å². The largest absolute Gasteiger partial charge is 0.276 e. The Bertz CT molecular complexity index is 327. The smallest absolute Gasteiger partial charge is 0.238 e. The SMILES string of the molecule is O=CN1OCc2c(Br)cccc21. The number of halogens is 1. The number of rotatable bonds is 1. The molecule has 0 bridgehead atoms. The van der Waals surface area contributed by atoms with Gasteiger partial charge in [0.05, 0.1) is 5.69 Å². The van der Waals surface area contributed by atoms with Gasteiger partial charge in [-0.1, -0.05) is 22.0 Å². The third kappa shape index (κ3) is 1.04. The highest BCUT2D eigenvalue weighted by Gasteiger charge is 2.20. The number of hydrogen-bond donors (Lipinski definition) is 0. The molecule has 0 atom stereocenters. The molecule has 0 fully saturated rings. The van der Waals surface area contributed by atoms with Gasteiger partial charge in [0.1, 0.15) is 6.61 Å². The molecule has 0 unspecified atom stereocenters. The van der Waals surface area contributed by atoms with Crippen LogP contribution in [0.2, 0.25) is 0 Å². The number of anilines is 1. The van der Waals surface area contributed by atoms with Crippen LogP contribution in [0.1, 0.15) is 5.56 Å². The minimum absolute atomic E-state index is 0.454. The molecule has 4 heteroatoms. The maximum atomic E-state index is 10.5. The van der Waals surface area contributed by atoms with E-state index in [0.717, 1.165) is 15.7 Å². The van der Waals surface area contributed by atoms with E-state index in [0.29, 0.717) is 13.0 Å². The maximum absolute atomic E-state index is 10.5. The predicted octanol–water partition coefficient (Wildman–Crippen LogP) is 1.86. The van der Waals surface area contributed by atoms with Gasteiger partial charge in [0.15, 0.2) is 0 Å². The first kappa shape index (κ1) is 7.76. The molecule has 0 N–H and O–H groups in total. The van der Waals surface area contributed by atoms with Crippen molar-refractivity contribution in [3.8, 4) is 0 Å². The van der Waals surface area contributed by atoms with E-state index in [1.807, 2.05) is 18.2 Å². The number of carbonyl (C=O) groups is 1. The summed E-state index contributed by atoms with van der Waals surface area (Å²) in [5.74, 6) is 0. The number of benzene rings is 1. The Morgan fingerprint density at radius 1 is 1.58 bits per heavy atom. The molecule has 0 radical (unpaired) electrons. The first-order chi connectivity index (χ1) is 5.83. The Hall–Kier alpha value is -0.870. The first-order valence-corrected chi connectivity index (χ1v) is 4.27. The highest BCUT2D eigenvalue weighted by molar-refractivity contribution is 9.10. The van der Waals surface area contributed by atoms with Gasteiger partial charge in [-0.25, -0.2) is 0 Å². The zero-order valence-electron chi connectivity index (χ0n) is 6.16. The van der Waals surface area contributed by atoms with Crippen molar-refractivity contribution in [2.24, 2.45) is 0 Å². The lowest BCUT2D eigenvalue weighted by molar-refractivity contribution is -0.113. The summed E-state index contributed by atoms with van der Waals surface area (Å²) in [6.07, 6.45) is 0.665. The molecular formula is C8H6BrNO2. The minimum Gasteiger partial charge on any atom is -0.276 e. The van der Waals surface area contributed by atoms with Crippen LogP contribution in [0, 0.1) is 0 Å². The Kier molecular flexibility index (Phi) is 1.86. The van der Waals surface area contributed by atoms with Crippen LogP contribution in [0.15, 0.2) is 22.7 Å². The zero-order chi connectivity index (χ0) is 8.55. The van der Waals surface area contributed by atoms with Gasteiger partial charge in [0.2, 0.25) is 6.41 Å². The van der Waals surface area contributed by atoms with Crippen LogP contribution in [-0.4, -0.2) is 6.41 Å². The van der Waals surface area contributed by atoms with Gasteiger partial charge in [0, 0.05) is 10.0 Å². The lowest BCUT2D eigenvalue weighted by Crippen LogP contribution is -2.14. The number of amides is 1. The summed E-state index contributed by atoms with van der Waals surface area (Å²) in [7, 11) is 0. The molecule has 0 saturated heterocycles. The van der Waals surface area contributed by atoms with E-state index in [1.54, 1.807) is 0 Å². The van der Waals surface area contributed by atoms with E-state index in [4.69, 9.17) is 4.84 Å². The van der Waals surface area contributed by atoms with Crippen LogP contribution >= 0.6 is 15.9 Å². The zero-order valence-corrected chi connectivity index (χ0v) is 7.74. The van der Waals surface area contributed by atoms with E-state index < -0.39 is 0 Å². The lowest BCUT2D eigenvalue weighted by atomic mass is 10.2. The molecule has 2 rings (SSSR count). The van der Waals surface area contributed by atoms with Gasteiger partial charge in [-0.3, -0.25) is 9.63 Å². The highest BCUT2D eigenvalue weighted by atomic mass is 79.9. The van der Waals surface area contributed by atoms with Crippen LogP contribution in [0.5, 0.6) is 0 Å². The van der Waals surface area contributed by atoms with Gasteiger partial charge < -0.3 is 0 Å². The number of carbonyl (C=O) groups excluding carboxylic acids is 1. The summed E-state index contributed by atoms with van der Waals surface area (Å²) in [6, 6.07) is 5.64. The molecule has 12 heavy (non-hydrogen) atoms. The Labute approximate surface area is 78.0 Å². The van der Waals surface area contributed by atoms with Gasteiger partial charge in [-0.2, -0.15) is 5.06 Å². The quantitative estimate of drug-likeness (QED) is 0.686. The fourth-order valence-corrected chi connectivity index (χ4v) is 1.66. The van der Waals surface area contributed by atoms with Gasteiger partial charge in [-0.05, 0) is 12.1 Å². The second kappa shape index (κ2) is 2.88. The fraction of sp³-hybridized carbons (Fsp3) is 0.125. The molecule has 1 aromatic carbocycles. The van der Waals surface area contributed by atoms with Crippen LogP contribution in [0.25, 0.3) is 0 Å². The number of nitrogens with zero attached hydrogens (tertiary/aromatic N) is 1. The monoisotopic (exact) mass is 227 g/mol. The first-order valence-electron chi connectivity index (χ1n) is 3.48. The third-order valence-electron chi connectivity index (χ3n) is 1.78. The Balaban J connectivity index is 2.52. The molecule has 1 aliphatic heterocycles. The van der Waals surface area contributed by atoms with Crippen molar-refractivity contribution in [2.75, 3.05) is 5.06 Å². The van der Waals surface area contributed by atoms with Gasteiger partial charge in [0.25, 0.3) is 0 Å². The maximum Gasteiger partial charge on any atom is 0.238 e. The predicted molar refractivity (Wildman–Crippen MR) is 47.5 cm³/mol. The third-order valence-corrected chi connectivity index (χ3v) is 2.52. The van der Waals surface area contributed by atoms with Gasteiger partial charge >= 0.3 is 0 Å². The number of hydrogen-bond acceptors (Lipinski definition) is 2. The van der Waals surface area contributed by atoms with E-state index >= 15 is 0 Å². The van der Waals surface area contributed by atoms with Crippen molar-refractivity contribution in [3.63, 3.8) is 0 Å². The molecule has 0 aliphatic carbocycles. The van der Waals surface area contributed by atoms with Crippen molar-refractivity contribution in [3.05, 3.63) is 28.2 Å². The van der Waals surface area contributed by atoms with Crippen molar-refractivity contribution in [2.45, 2.75) is 6.61 Å². The second-order valence-corrected chi connectivity index (χ2v) is 3.30. The molecule has 1 heterocycles. The van der Waals surface area contributed by atoms with Crippen LogP contribution in [0.4, 0.5) is 5.69 Å². The molecule has 3 nitrogen and oxygen atoms in total. The van der Waals surface area contributed by atoms with E-state index in [2.05, 4.69) is 15.9 Å². The molecule has 0 spiro atoms. The Morgan fingerprint density at radius 2 is 2.42 bits per heavy atom. The summed E-state index contributed by atoms with van der Waals surface area (Å²) < 4.78 is 0.976. The average molecular weight is 228 g/mol. The van der Waals surface area contributed by atoms with Crippen molar-refractivity contribution >= 4 is 28.0 Å². The molecule has 1 aliphatic rings. The molecule has 1 amide bonds. The topological polar surface area (TPSA) is 29.5 Å². The van der Waals surface area contributed by atoms with Crippen molar-refractivity contribution in [1.82, 2.24) is 0 Å². The van der Waals surface area contributed by atoms with Crippen LogP contribution < -0.4 is 5.06 Å². The summed E-state index contributed by atoms with van der Waals surface area (Å²) in [5, 5.41) is 1.24. The van der Waals surface area contributed by atoms with Gasteiger partial charge in [-0.15, -0.1) is 0 Å². The molecule has 0 saturated carbocycles. The van der Waals surface area contributed by atoms with Crippen molar-refractivity contribution < 1.29 is 9.63 Å². The van der Waals surface area contributed by atoms with E-state index in [1.165, 1.54) is 5.06 Å². The average Bonchev–Trinajstić information content (AvgIpc) is 2.49. The van der Waals surface area contributed by atoms with Crippen LogP contribution in [-0.2, 0) is 16.2 Å². The summed E-state index contributed by atoms with van der Waals surface area (Å²) in [5.41, 5.74) is 1.84. The minimum atomic E-state index is 0.454. The van der Waals surface area contributed by atoms with Crippen LogP contribution in [0.3, 0.4) is 0 Å². The van der Waals surface area contributed by atoms with E-state index in [-0.39, 0.29) is 0 Å². The summed E-state index contributed by atoms with van der Waals surface area (Å²) in [6.45, 7) is 0.454. The molecule has 0 aromatic heterocycles.